The van der Waals surface area contributed by atoms with Gasteiger partial charge in [-0.25, -0.2) is 22.5 Å². The second-order valence-electron chi connectivity index (χ2n) is 5.84. The SMILES string of the molecule is O=C(CCc1cnco1)c1ccc(CNS(=O)(=O)c2ccc(F)c(Cl)c2)cn1. The van der Waals surface area contributed by atoms with E-state index in [1.54, 1.807) is 12.3 Å². The van der Waals surface area contributed by atoms with E-state index >= 15 is 0 Å². The number of nitrogens with zero attached hydrogens (tertiary/aromatic N) is 2. The van der Waals surface area contributed by atoms with Crippen LogP contribution in [0.1, 0.15) is 28.2 Å². The topological polar surface area (TPSA) is 102 Å². The van der Waals surface area contributed by atoms with Crippen LogP contribution in [-0.4, -0.2) is 24.2 Å². The van der Waals surface area contributed by atoms with Crippen LogP contribution in [0.4, 0.5) is 4.39 Å². The molecule has 7 nitrogen and oxygen atoms in total. The number of hydrogen-bond donors (Lipinski definition) is 1. The number of sulfonamides is 1. The number of ketones is 1. The summed E-state index contributed by atoms with van der Waals surface area (Å²) < 4.78 is 45.2. The van der Waals surface area contributed by atoms with Crippen LogP contribution in [0.25, 0.3) is 0 Å². The second kappa shape index (κ2) is 8.59. The first kappa shape index (κ1) is 20.1. The molecule has 28 heavy (non-hydrogen) atoms. The summed E-state index contributed by atoms with van der Waals surface area (Å²) in [7, 11) is -3.87. The molecular formula is C18H15ClFN3O4S. The number of hydrogen-bond acceptors (Lipinski definition) is 6. The van der Waals surface area contributed by atoms with Gasteiger partial charge in [0, 0.05) is 25.6 Å². The number of aryl methyl sites for hydroxylation is 1. The number of carbonyl (C=O) groups excluding carboxylic acids is 1. The standard InChI is InChI=1S/C18H15ClFN3O4S/c19-15-7-14(3-4-16(15)20)28(25,26)23-9-12-1-5-17(22-8-12)18(24)6-2-13-10-21-11-27-13/h1,3-5,7-8,10-11,23H,2,6,9H2. The van der Waals surface area contributed by atoms with E-state index in [2.05, 4.69) is 14.7 Å². The van der Waals surface area contributed by atoms with E-state index in [0.29, 0.717) is 17.7 Å². The molecular weight excluding hydrogens is 409 g/mol. The number of benzene rings is 1. The summed E-state index contributed by atoms with van der Waals surface area (Å²) in [6, 6.07) is 6.28. The summed E-state index contributed by atoms with van der Waals surface area (Å²) in [5.74, 6) is -0.252. The van der Waals surface area contributed by atoms with Crippen LogP contribution in [0.5, 0.6) is 0 Å². The van der Waals surface area contributed by atoms with Gasteiger partial charge >= 0.3 is 0 Å². The van der Waals surface area contributed by atoms with Crippen molar-refractivity contribution in [1.82, 2.24) is 14.7 Å². The molecule has 1 N–H and O–H groups in total. The first-order valence-electron chi connectivity index (χ1n) is 8.15. The summed E-state index contributed by atoms with van der Waals surface area (Å²) in [6.07, 6.45) is 4.90. The highest BCUT2D eigenvalue weighted by atomic mass is 35.5. The molecule has 0 aliphatic heterocycles. The third-order valence-corrected chi connectivity index (χ3v) is 5.55. The van der Waals surface area contributed by atoms with E-state index in [-0.39, 0.29) is 34.4 Å². The number of rotatable bonds is 8. The molecule has 0 saturated carbocycles. The van der Waals surface area contributed by atoms with Crippen LogP contribution < -0.4 is 4.72 Å². The van der Waals surface area contributed by atoms with Crippen LogP contribution in [0.2, 0.25) is 5.02 Å². The summed E-state index contributed by atoms with van der Waals surface area (Å²) in [6.45, 7) is -0.0448. The highest BCUT2D eigenvalue weighted by Gasteiger charge is 2.16. The normalized spacial score (nSPS) is 11.5. The van der Waals surface area contributed by atoms with Gasteiger partial charge in [-0.05, 0) is 29.8 Å². The Morgan fingerprint density at radius 2 is 2.04 bits per heavy atom. The fourth-order valence-corrected chi connectivity index (χ4v) is 3.62. The molecule has 2 heterocycles. The molecule has 0 fully saturated rings. The first-order valence-corrected chi connectivity index (χ1v) is 10.0. The van der Waals surface area contributed by atoms with Gasteiger partial charge in [0.25, 0.3) is 0 Å². The fraction of sp³-hybridized carbons (Fsp3) is 0.167. The van der Waals surface area contributed by atoms with Crippen LogP contribution in [-0.2, 0) is 23.0 Å². The average molecular weight is 424 g/mol. The number of aromatic nitrogens is 2. The van der Waals surface area contributed by atoms with Crippen molar-refractivity contribution in [3.63, 3.8) is 0 Å². The minimum Gasteiger partial charge on any atom is -0.449 e. The number of oxazole rings is 1. The lowest BCUT2D eigenvalue weighted by molar-refractivity contribution is 0.0976. The molecule has 10 heteroatoms. The third kappa shape index (κ3) is 5.00. The zero-order valence-corrected chi connectivity index (χ0v) is 16.0. The van der Waals surface area contributed by atoms with Crippen molar-refractivity contribution >= 4 is 27.4 Å². The van der Waals surface area contributed by atoms with Gasteiger partial charge in [0.2, 0.25) is 10.0 Å². The number of pyridine rings is 1. The predicted octanol–water partition coefficient (Wildman–Crippen LogP) is 3.16. The van der Waals surface area contributed by atoms with E-state index in [9.17, 15) is 17.6 Å². The lowest BCUT2D eigenvalue weighted by Gasteiger charge is -2.08. The Kier molecular flexibility index (Phi) is 6.18. The smallest absolute Gasteiger partial charge is 0.240 e. The van der Waals surface area contributed by atoms with Gasteiger partial charge in [0.05, 0.1) is 16.1 Å². The van der Waals surface area contributed by atoms with Gasteiger partial charge in [-0.15, -0.1) is 0 Å². The second-order valence-corrected chi connectivity index (χ2v) is 8.02. The quantitative estimate of drug-likeness (QED) is 0.558. The van der Waals surface area contributed by atoms with E-state index in [1.807, 2.05) is 0 Å². The Morgan fingerprint density at radius 3 is 2.68 bits per heavy atom. The number of Topliss-reactive ketones (excluding diaryl/α,β-unsaturated/α-hetero) is 1. The van der Waals surface area contributed by atoms with Crippen molar-refractivity contribution in [2.24, 2.45) is 0 Å². The third-order valence-electron chi connectivity index (χ3n) is 3.86. The van der Waals surface area contributed by atoms with Crippen molar-refractivity contribution < 1.29 is 22.0 Å². The summed E-state index contributed by atoms with van der Waals surface area (Å²) in [4.78, 5) is 19.8. The predicted molar refractivity (Wildman–Crippen MR) is 98.8 cm³/mol. The van der Waals surface area contributed by atoms with Gasteiger partial charge < -0.3 is 4.42 Å². The zero-order valence-electron chi connectivity index (χ0n) is 14.4. The minimum absolute atomic E-state index is 0.0448. The summed E-state index contributed by atoms with van der Waals surface area (Å²) in [5, 5.41) is -0.280. The van der Waals surface area contributed by atoms with Gasteiger partial charge in [0.1, 0.15) is 17.3 Å². The van der Waals surface area contributed by atoms with Gasteiger partial charge in [-0.3, -0.25) is 9.78 Å². The van der Waals surface area contributed by atoms with Crippen LogP contribution in [0.15, 0.2) is 58.4 Å². The molecule has 2 aromatic heterocycles. The van der Waals surface area contributed by atoms with E-state index in [0.717, 1.165) is 18.2 Å². The number of nitrogens with one attached hydrogen (secondary N) is 1. The lowest BCUT2D eigenvalue weighted by atomic mass is 10.1. The summed E-state index contributed by atoms with van der Waals surface area (Å²) in [5.41, 5.74) is 0.833. The molecule has 0 spiro atoms. The molecule has 1 aromatic carbocycles. The van der Waals surface area contributed by atoms with Crippen molar-refractivity contribution in [2.45, 2.75) is 24.3 Å². The van der Waals surface area contributed by atoms with Crippen LogP contribution in [0, 0.1) is 5.82 Å². The van der Waals surface area contributed by atoms with Gasteiger partial charge in [-0.2, -0.15) is 0 Å². The molecule has 0 atom stereocenters. The Morgan fingerprint density at radius 1 is 1.21 bits per heavy atom. The molecule has 0 saturated heterocycles. The Bertz CT molecular complexity index is 1070. The Hall–Kier alpha value is -2.62. The van der Waals surface area contributed by atoms with E-state index in [1.165, 1.54) is 18.7 Å². The summed E-state index contributed by atoms with van der Waals surface area (Å²) >= 11 is 5.62. The molecule has 0 amide bonds. The maximum absolute atomic E-state index is 13.2. The van der Waals surface area contributed by atoms with Gasteiger partial charge in [-0.1, -0.05) is 17.7 Å². The maximum Gasteiger partial charge on any atom is 0.240 e. The van der Waals surface area contributed by atoms with Gasteiger partial charge in [0.15, 0.2) is 12.2 Å². The fourth-order valence-electron chi connectivity index (χ4n) is 2.33. The van der Waals surface area contributed by atoms with Crippen LogP contribution >= 0.6 is 11.6 Å². The number of halogens is 2. The monoisotopic (exact) mass is 423 g/mol. The first-order chi connectivity index (χ1) is 13.3. The Labute approximate surface area is 165 Å². The van der Waals surface area contributed by atoms with E-state index in [4.69, 9.17) is 16.0 Å². The lowest BCUT2D eigenvalue weighted by Crippen LogP contribution is -2.23. The van der Waals surface area contributed by atoms with Crippen LogP contribution in [0.3, 0.4) is 0 Å². The average Bonchev–Trinajstić information content (AvgIpc) is 3.20. The molecule has 0 radical (unpaired) electrons. The van der Waals surface area contributed by atoms with Crippen molar-refractivity contribution in [3.05, 3.63) is 77.0 Å². The largest absolute Gasteiger partial charge is 0.449 e. The molecule has 146 valence electrons. The molecule has 3 aromatic rings. The van der Waals surface area contributed by atoms with Crippen molar-refractivity contribution in [2.75, 3.05) is 0 Å². The van der Waals surface area contributed by atoms with E-state index < -0.39 is 15.8 Å². The molecule has 3 rings (SSSR count). The van der Waals surface area contributed by atoms with Crippen molar-refractivity contribution in [1.29, 1.82) is 0 Å². The molecule has 0 aliphatic rings. The van der Waals surface area contributed by atoms with Crippen molar-refractivity contribution in [3.8, 4) is 0 Å². The molecule has 0 unspecified atom stereocenters. The zero-order chi connectivity index (χ0) is 20.1. The highest BCUT2D eigenvalue weighted by Crippen LogP contribution is 2.19. The number of carbonyl (C=O) groups is 1. The Balaban J connectivity index is 1.59. The molecule has 0 bridgehead atoms. The molecule has 0 aliphatic carbocycles. The maximum atomic E-state index is 13.2. The highest BCUT2D eigenvalue weighted by molar-refractivity contribution is 7.89. The minimum atomic E-state index is -3.87.